The normalized spacial score (nSPS) is 11.2. The van der Waals surface area contributed by atoms with Crippen LogP contribution in [0.25, 0.3) is 11.0 Å². The molecule has 0 unspecified atom stereocenters. The van der Waals surface area contributed by atoms with E-state index in [0.29, 0.717) is 29.6 Å². The van der Waals surface area contributed by atoms with Crippen LogP contribution in [0.3, 0.4) is 0 Å². The molecule has 2 aromatic carbocycles. The first-order chi connectivity index (χ1) is 20.0. The monoisotopic (exact) mass is 599 g/mol. The number of hydrogen-bond donors (Lipinski definition) is 4. The van der Waals surface area contributed by atoms with Crippen LogP contribution in [0.15, 0.2) is 82.7 Å². The average molecular weight is 600 g/mol. The Hall–Kier alpha value is -4.52. The van der Waals surface area contributed by atoms with Crippen molar-refractivity contribution in [1.29, 1.82) is 0 Å². The number of rotatable bonds is 13. The minimum atomic E-state index is -2.74. The van der Waals surface area contributed by atoms with E-state index in [-0.39, 0.29) is 5.43 Å². The highest BCUT2D eigenvalue weighted by molar-refractivity contribution is 6.31. The van der Waals surface area contributed by atoms with E-state index in [4.69, 9.17) is 36.4 Å². The van der Waals surface area contributed by atoms with Crippen LogP contribution < -0.4 is 5.43 Å². The Balaban J connectivity index is 0.000000316. The molecule has 0 bridgehead atoms. The van der Waals surface area contributed by atoms with Gasteiger partial charge in [0.2, 0.25) is 0 Å². The molecule has 0 aliphatic rings. The van der Waals surface area contributed by atoms with E-state index in [0.717, 1.165) is 30.1 Å². The summed E-state index contributed by atoms with van der Waals surface area (Å²) in [6, 6.07) is 15.2. The zero-order valence-corrected chi connectivity index (χ0v) is 23.2. The van der Waals surface area contributed by atoms with Crippen LogP contribution in [-0.4, -0.2) is 64.9 Å². The van der Waals surface area contributed by atoms with Crippen molar-refractivity contribution < 1.29 is 39.2 Å². The second kappa shape index (κ2) is 14.9. The summed E-state index contributed by atoms with van der Waals surface area (Å²) in [5.41, 5.74) is -0.414. The van der Waals surface area contributed by atoms with E-state index in [1.165, 1.54) is 0 Å². The lowest BCUT2D eigenvalue weighted by Crippen LogP contribution is -2.42. The Morgan fingerprint density at radius 3 is 2.21 bits per heavy atom. The van der Waals surface area contributed by atoms with E-state index in [2.05, 4.69) is 14.5 Å². The molecule has 2 heterocycles. The Kier molecular flexibility index (Phi) is 11.4. The lowest BCUT2D eigenvalue weighted by Gasteiger charge is -2.23. The van der Waals surface area contributed by atoms with Crippen LogP contribution in [0.5, 0.6) is 0 Å². The largest absolute Gasteiger partial charge is 0.481 e. The highest BCUT2D eigenvalue weighted by Crippen LogP contribution is 2.19. The number of fused-ring (bicyclic) bond motifs is 1. The lowest BCUT2D eigenvalue weighted by molar-refractivity contribution is -0.170. The molecule has 4 N–H and O–H groups in total. The molecule has 13 heteroatoms. The Morgan fingerprint density at radius 1 is 0.952 bits per heavy atom. The summed E-state index contributed by atoms with van der Waals surface area (Å²) in [6.45, 7) is 2.85. The number of imidazole rings is 1. The van der Waals surface area contributed by atoms with Crippen LogP contribution >= 0.6 is 11.6 Å². The van der Waals surface area contributed by atoms with Crippen molar-refractivity contribution in [2.75, 3.05) is 6.54 Å². The van der Waals surface area contributed by atoms with E-state index < -0.39 is 36.4 Å². The number of carboxylic acids is 3. The van der Waals surface area contributed by atoms with Crippen molar-refractivity contribution >= 4 is 40.5 Å². The molecular formula is C29H30ClN3O9. The molecule has 0 amide bonds. The smallest absolute Gasteiger partial charge is 0.336 e. The quantitative estimate of drug-likeness (QED) is 0.176. The van der Waals surface area contributed by atoms with E-state index in [9.17, 15) is 19.2 Å². The molecule has 0 aliphatic carbocycles. The predicted octanol–water partition coefficient (Wildman–Crippen LogP) is 3.49. The molecule has 42 heavy (non-hydrogen) atoms. The zero-order valence-electron chi connectivity index (χ0n) is 22.4. The van der Waals surface area contributed by atoms with Gasteiger partial charge in [0.1, 0.15) is 5.58 Å². The Bertz CT molecular complexity index is 1550. The molecule has 12 nitrogen and oxygen atoms in total. The average Bonchev–Trinajstić information content (AvgIpc) is 3.44. The summed E-state index contributed by atoms with van der Waals surface area (Å²) in [6.07, 6.45) is 5.78. The number of aliphatic carboxylic acids is 3. The molecule has 0 radical (unpaired) electrons. The molecule has 2 aromatic heterocycles. The van der Waals surface area contributed by atoms with Crippen LogP contribution in [-0.2, 0) is 34.0 Å². The molecule has 4 aromatic rings. The van der Waals surface area contributed by atoms with Gasteiger partial charge in [0.15, 0.2) is 11.0 Å². The molecule has 0 spiro atoms. The fraction of sp³-hybridized carbons (Fsp3) is 0.276. The summed E-state index contributed by atoms with van der Waals surface area (Å²) < 4.78 is 7.75. The van der Waals surface area contributed by atoms with Crippen molar-refractivity contribution in [2.45, 2.75) is 44.5 Å². The first-order valence-electron chi connectivity index (χ1n) is 12.8. The lowest BCUT2D eigenvalue weighted by atomic mass is 9.96. The van der Waals surface area contributed by atoms with Crippen LogP contribution in [0.1, 0.15) is 30.4 Å². The molecule has 0 fully saturated rings. The second-order valence-electron chi connectivity index (χ2n) is 9.52. The van der Waals surface area contributed by atoms with Gasteiger partial charge in [-0.3, -0.25) is 19.3 Å². The Morgan fingerprint density at radius 2 is 1.60 bits per heavy atom. The van der Waals surface area contributed by atoms with Crippen LogP contribution in [0.4, 0.5) is 0 Å². The molecule has 0 saturated carbocycles. The van der Waals surface area contributed by atoms with E-state index in [1.54, 1.807) is 12.5 Å². The van der Waals surface area contributed by atoms with Crippen LogP contribution in [0.2, 0.25) is 5.02 Å². The van der Waals surface area contributed by atoms with Gasteiger partial charge in [-0.2, -0.15) is 0 Å². The number of benzene rings is 2. The molecule has 0 saturated heterocycles. The number of aliphatic hydroxyl groups is 1. The number of aryl methyl sites for hydroxylation is 1. The number of hydrogen-bond acceptors (Lipinski definition) is 8. The fourth-order valence-electron chi connectivity index (χ4n) is 4.16. The van der Waals surface area contributed by atoms with Crippen molar-refractivity contribution in [2.24, 2.45) is 0 Å². The van der Waals surface area contributed by atoms with Crippen molar-refractivity contribution in [3.05, 3.63) is 99.9 Å². The van der Waals surface area contributed by atoms with Gasteiger partial charge in [0.05, 0.1) is 30.8 Å². The SMILES string of the molecule is O=C(O)CC(O)(CC(=O)O)C(=O)O.O=c1c(CN(CCCn2ccnc2)Cc2ccccc2Cl)coc2ccccc12. The number of nitrogens with zero attached hydrogens (tertiary/aromatic N) is 3. The molecular weight excluding hydrogens is 570 g/mol. The van der Waals surface area contributed by atoms with Gasteiger partial charge < -0.3 is 29.4 Å². The maximum absolute atomic E-state index is 12.9. The minimum Gasteiger partial charge on any atom is -0.481 e. The fourth-order valence-corrected chi connectivity index (χ4v) is 4.36. The predicted molar refractivity (Wildman–Crippen MR) is 152 cm³/mol. The highest BCUT2D eigenvalue weighted by atomic mass is 35.5. The second-order valence-corrected chi connectivity index (χ2v) is 9.93. The topological polar surface area (TPSA) is 183 Å². The van der Waals surface area contributed by atoms with E-state index >= 15 is 0 Å². The van der Waals surface area contributed by atoms with Crippen molar-refractivity contribution in [3.63, 3.8) is 0 Å². The molecule has 222 valence electrons. The number of carboxylic acid groups (broad SMARTS) is 3. The number of halogens is 1. The molecule has 0 atom stereocenters. The standard InChI is InChI=1S/C23H22ClN3O2.C6H8O7/c24-21-8-3-1-6-18(21)14-27(12-5-11-26-13-10-25-17-26)15-19-16-29-22-9-4-2-7-20(22)23(19)28;7-3(8)1-6(13,5(11)12)2-4(9)10/h1-4,6-10,13,16-17H,5,11-12,14-15H2;13H,1-2H2,(H,7,8)(H,9,10)(H,11,12). The summed E-state index contributed by atoms with van der Waals surface area (Å²) >= 11 is 6.38. The van der Waals surface area contributed by atoms with Crippen molar-refractivity contribution in [1.82, 2.24) is 14.5 Å². The number of carbonyl (C=O) groups is 3. The third-order valence-corrected chi connectivity index (χ3v) is 6.60. The molecule has 0 aliphatic heterocycles. The minimum absolute atomic E-state index is 0.0191. The number of para-hydroxylation sites is 1. The van der Waals surface area contributed by atoms with Gasteiger partial charge in [-0.1, -0.05) is 41.9 Å². The molecule has 4 rings (SSSR count). The van der Waals surface area contributed by atoms with Gasteiger partial charge in [-0.25, -0.2) is 9.78 Å². The van der Waals surface area contributed by atoms with E-state index in [1.807, 2.05) is 61.1 Å². The number of aromatic nitrogens is 2. The van der Waals surface area contributed by atoms with Gasteiger partial charge in [-0.05, 0) is 30.2 Å². The first kappa shape index (κ1) is 32.0. The van der Waals surface area contributed by atoms with Crippen molar-refractivity contribution in [3.8, 4) is 0 Å². The van der Waals surface area contributed by atoms with Gasteiger partial charge in [-0.15, -0.1) is 0 Å². The van der Waals surface area contributed by atoms with Crippen LogP contribution in [0, 0.1) is 0 Å². The maximum atomic E-state index is 12.9. The summed E-state index contributed by atoms with van der Waals surface area (Å²) in [5, 5.41) is 35.2. The Labute approximate surface area is 245 Å². The highest BCUT2D eigenvalue weighted by Gasteiger charge is 2.40. The maximum Gasteiger partial charge on any atom is 0.336 e. The van der Waals surface area contributed by atoms with Gasteiger partial charge >= 0.3 is 17.9 Å². The summed E-state index contributed by atoms with van der Waals surface area (Å²) in [4.78, 5) is 49.7. The summed E-state index contributed by atoms with van der Waals surface area (Å²) in [7, 11) is 0. The third-order valence-electron chi connectivity index (χ3n) is 6.23. The first-order valence-corrected chi connectivity index (χ1v) is 13.2. The summed E-state index contributed by atoms with van der Waals surface area (Å²) in [5.74, 6) is -5.02. The van der Waals surface area contributed by atoms with Gasteiger partial charge in [0.25, 0.3) is 0 Å². The van der Waals surface area contributed by atoms with Gasteiger partial charge in [0, 0.05) is 49.2 Å². The third kappa shape index (κ3) is 9.26. The zero-order chi connectivity index (χ0) is 30.7.